The van der Waals surface area contributed by atoms with Gasteiger partial charge >= 0.3 is 0 Å². The van der Waals surface area contributed by atoms with Gasteiger partial charge in [0.1, 0.15) is 11.6 Å². The van der Waals surface area contributed by atoms with Gasteiger partial charge in [-0.3, -0.25) is 9.36 Å². The molecule has 2 aromatic heterocycles. The minimum Gasteiger partial charge on any atom is -0.492 e. The second-order valence-corrected chi connectivity index (χ2v) is 10.7. The molecular weight excluding hydrogens is 488 g/mol. The lowest BCUT2D eigenvalue weighted by Gasteiger charge is -2.23. The van der Waals surface area contributed by atoms with Gasteiger partial charge in [-0.25, -0.2) is 18.4 Å². The molecule has 0 saturated carbocycles. The number of benzene rings is 2. The Labute approximate surface area is 216 Å². The van der Waals surface area contributed by atoms with Crippen molar-refractivity contribution in [2.75, 3.05) is 0 Å². The SMILES string of the molecule is CCCCc1nc(O)c(S(=O)(=O)c2ccc(-c3cnc(C)nc3)cc2)c(=O)n1[C@@H](CC)c1ccccc1. The van der Waals surface area contributed by atoms with Crippen LogP contribution < -0.4 is 5.56 Å². The van der Waals surface area contributed by atoms with Gasteiger partial charge in [-0.2, -0.15) is 4.98 Å². The molecular formula is C28H30N4O4S. The predicted molar refractivity (Wildman–Crippen MR) is 141 cm³/mol. The molecule has 192 valence electrons. The van der Waals surface area contributed by atoms with Gasteiger partial charge in [-0.15, -0.1) is 0 Å². The normalized spacial score (nSPS) is 12.4. The number of aromatic nitrogens is 4. The molecule has 8 nitrogen and oxygen atoms in total. The second kappa shape index (κ2) is 11.0. The molecule has 1 N–H and O–H groups in total. The average Bonchev–Trinajstić information content (AvgIpc) is 2.90. The van der Waals surface area contributed by atoms with Gasteiger partial charge in [0.2, 0.25) is 15.7 Å². The number of hydrogen-bond donors (Lipinski definition) is 1. The highest BCUT2D eigenvalue weighted by Gasteiger charge is 2.31. The molecule has 0 aliphatic heterocycles. The van der Waals surface area contributed by atoms with Crippen molar-refractivity contribution < 1.29 is 13.5 Å². The maximum Gasteiger partial charge on any atom is 0.277 e. The van der Waals surface area contributed by atoms with E-state index in [4.69, 9.17) is 0 Å². The van der Waals surface area contributed by atoms with Crippen LogP contribution in [0.5, 0.6) is 5.88 Å². The van der Waals surface area contributed by atoms with Crippen molar-refractivity contribution in [2.24, 2.45) is 0 Å². The van der Waals surface area contributed by atoms with Crippen molar-refractivity contribution in [2.45, 2.75) is 62.3 Å². The maximum atomic E-state index is 13.9. The number of rotatable bonds is 9. The van der Waals surface area contributed by atoms with E-state index in [1.54, 1.807) is 31.5 Å². The summed E-state index contributed by atoms with van der Waals surface area (Å²) < 4.78 is 28.7. The summed E-state index contributed by atoms with van der Waals surface area (Å²) in [5.41, 5.74) is 1.55. The third kappa shape index (κ3) is 5.32. The number of sulfone groups is 1. The van der Waals surface area contributed by atoms with Crippen LogP contribution >= 0.6 is 0 Å². The van der Waals surface area contributed by atoms with Crippen LogP contribution in [0.2, 0.25) is 0 Å². The zero-order valence-electron chi connectivity index (χ0n) is 21.1. The van der Waals surface area contributed by atoms with E-state index in [2.05, 4.69) is 15.0 Å². The number of aromatic hydroxyl groups is 1. The highest BCUT2D eigenvalue weighted by molar-refractivity contribution is 7.91. The van der Waals surface area contributed by atoms with Crippen molar-refractivity contribution >= 4 is 9.84 Å². The Morgan fingerprint density at radius 2 is 1.59 bits per heavy atom. The molecule has 0 fully saturated rings. The molecule has 2 heterocycles. The first-order valence-electron chi connectivity index (χ1n) is 12.3. The van der Waals surface area contributed by atoms with Crippen molar-refractivity contribution in [1.82, 2.24) is 19.5 Å². The van der Waals surface area contributed by atoms with E-state index in [0.717, 1.165) is 29.5 Å². The Balaban J connectivity index is 1.84. The predicted octanol–water partition coefficient (Wildman–Crippen LogP) is 4.89. The summed E-state index contributed by atoms with van der Waals surface area (Å²) >= 11 is 0. The van der Waals surface area contributed by atoms with Crippen molar-refractivity contribution in [3.8, 4) is 17.0 Å². The van der Waals surface area contributed by atoms with Gasteiger partial charge in [0.15, 0.2) is 4.90 Å². The Morgan fingerprint density at radius 3 is 2.19 bits per heavy atom. The smallest absolute Gasteiger partial charge is 0.277 e. The van der Waals surface area contributed by atoms with Gasteiger partial charge in [-0.1, -0.05) is 62.7 Å². The number of hydrogen-bond acceptors (Lipinski definition) is 7. The van der Waals surface area contributed by atoms with Crippen molar-refractivity contribution in [3.05, 3.63) is 94.6 Å². The van der Waals surface area contributed by atoms with Crippen LogP contribution in [0.1, 0.15) is 56.4 Å². The lowest BCUT2D eigenvalue weighted by atomic mass is 10.0. The summed E-state index contributed by atoms with van der Waals surface area (Å²) in [5, 5.41) is 10.8. The van der Waals surface area contributed by atoms with Crippen LogP contribution in [-0.4, -0.2) is 33.0 Å². The second-order valence-electron chi connectivity index (χ2n) is 8.84. The third-order valence-electron chi connectivity index (χ3n) is 6.31. The highest BCUT2D eigenvalue weighted by Crippen LogP contribution is 2.30. The van der Waals surface area contributed by atoms with Crippen LogP contribution in [0, 0.1) is 6.92 Å². The van der Waals surface area contributed by atoms with E-state index in [-0.39, 0.29) is 4.90 Å². The Hall–Kier alpha value is -3.85. The van der Waals surface area contributed by atoms with Gasteiger partial charge in [0.25, 0.3) is 5.56 Å². The first kappa shape index (κ1) is 26.2. The van der Waals surface area contributed by atoms with E-state index >= 15 is 0 Å². The molecule has 0 bridgehead atoms. The van der Waals surface area contributed by atoms with E-state index < -0.39 is 32.2 Å². The first-order chi connectivity index (χ1) is 17.8. The fourth-order valence-corrected chi connectivity index (χ4v) is 5.69. The molecule has 2 aromatic carbocycles. The summed E-state index contributed by atoms with van der Waals surface area (Å²) in [6.07, 6.45) is 5.90. The molecule has 4 aromatic rings. The largest absolute Gasteiger partial charge is 0.492 e. The molecule has 0 aliphatic carbocycles. The van der Waals surface area contributed by atoms with Crippen LogP contribution in [0.15, 0.2) is 81.6 Å². The van der Waals surface area contributed by atoms with Crippen LogP contribution in [0.4, 0.5) is 0 Å². The summed E-state index contributed by atoms with van der Waals surface area (Å²) in [6, 6.07) is 15.1. The average molecular weight is 519 g/mol. The number of aryl methyl sites for hydroxylation is 2. The molecule has 0 amide bonds. The fourth-order valence-electron chi connectivity index (χ4n) is 4.35. The lowest BCUT2D eigenvalue weighted by Crippen LogP contribution is -2.33. The number of nitrogens with zero attached hydrogens (tertiary/aromatic N) is 4. The Morgan fingerprint density at radius 1 is 0.946 bits per heavy atom. The van der Waals surface area contributed by atoms with Gasteiger partial charge in [0.05, 0.1) is 10.9 Å². The van der Waals surface area contributed by atoms with E-state index in [0.29, 0.717) is 24.5 Å². The van der Waals surface area contributed by atoms with Gasteiger partial charge in [0, 0.05) is 24.4 Å². The first-order valence-corrected chi connectivity index (χ1v) is 13.8. The van der Waals surface area contributed by atoms with Crippen LogP contribution in [0.25, 0.3) is 11.1 Å². The number of unbranched alkanes of at least 4 members (excludes halogenated alkanes) is 1. The Kier molecular flexibility index (Phi) is 7.83. The lowest BCUT2D eigenvalue weighted by molar-refractivity contribution is 0.406. The maximum absolute atomic E-state index is 13.9. The van der Waals surface area contributed by atoms with Crippen molar-refractivity contribution in [1.29, 1.82) is 0 Å². The molecule has 0 unspecified atom stereocenters. The summed E-state index contributed by atoms with van der Waals surface area (Å²) in [5.74, 6) is 0.227. The summed E-state index contributed by atoms with van der Waals surface area (Å²) in [6.45, 7) is 5.73. The van der Waals surface area contributed by atoms with Crippen molar-refractivity contribution in [3.63, 3.8) is 0 Å². The monoisotopic (exact) mass is 518 g/mol. The molecule has 37 heavy (non-hydrogen) atoms. The molecule has 0 spiro atoms. The van der Waals surface area contributed by atoms with E-state index in [1.807, 2.05) is 44.2 Å². The van der Waals surface area contributed by atoms with E-state index in [1.165, 1.54) is 16.7 Å². The minimum absolute atomic E-state index is 0.112. The topological polar surface area (TPSA) is 115 Å². The zero-order valence-corrected chi connectivity index (χ0v) is 21.9. The molecule has 0 saturated heterocycles. The molecule has 9 heteroatoms. The van der Waals surface area contributed by atoms with E-state index in [9.17, 15) is 18.3 Å². The summed E-state index contributed by atoms with van der Waals surface area (Å²) in [7, 11) is -4.37. The standard InChI is InChI=1S/C28H30N4O4S/c1-4-6-12-25-31-27(33)26(28(34)32(25)24(5-2)21-10-8-7-9-11-21)37(35,36)23-15-13-20(14-16-23)22-17-29-19(3)30-18-22/h7-11,13-18,24,33H,4-6,12H2,1-3H3/t24-/m0/s1. The van der Waals surface area contributed by atoms with Gasteiger partial charge in [-0.05, 0) is 43.0 Å². The third-order valence-corrected chi connectivity index (χ3v) is 8.10. The minimum atomic E-state index is -4.37. The van der Waals surface area contributed by atoms with Crippen LogP contribution in [-0.2, 0) is 16.3 Å². The quantitative estimate of drug-likeness (QED) is 0.335. The van der Waals surface area contributed by atoms with Gasteiger partial charge < -0.3 is 5.11 Å². The zero-order chi connectivity index (χ0) is 26.6. The fraction of sp³-hybridized carbons (Fsp3) is 0.286. The highest BCUT2D eigenvalue weighted by atomic mass is 32.2. The summed E-state index contributed by atoms with van der Waals surface area (Å²) in [4.78, 5) is 25.6. The molecule has 0 radical (unpaired) electrons. The Bertz CT molecular complexity index is 1530. The molecule has 4 rings (SSSR count). The molecule has 0 aliphatic rings. The van der Waals surface area contributed by atoms with Crippen LogP contribution in [0.3, 0.4) is 0 Å². The molecule has 1 atom stereocenters.